The van der Waals surface area contributed by atoms with Crippen LogP contribution in [-0.4, -0.2) is 16.8 Å². The summed E-state index contributed by atoms with van der Waals surface area (Å²) < 4.78 is 15.1. The van der Waals surface area contributed by atoms with Crippen LogP contribution in [0.4, 0.5) is 4.39 Å². The van der Waals surface area contributed by atoms with Crippen molar-refractivity contribution in [3.63, 3.8) is 0 Å². The fourth-order valence-corrected chi connectivity index (χ4v) is 2.85. The first kappa shape index (κ1) is 13.7. The van der Waals surface area contributed by atoms with E-state index in [1.165, 1.54) is 35.0 Å². The van der Waals surface area contributed by atoms with Crippen molar-refractivity contribution in [2.45, 2.75) is 0 Å². The molecule has 0 aliphatic carbocycles. The molecule has 2 aromatic carbocycles. The Balaban J connectivity index is 2.21. The number of benzene rings is 2. The maximum Gasteiger partial charge on any atom is 0.262 e. The van der Waals surface area contributed by atoms with Crippen LogP contribution in [-0.2, 0) is 0 Å². The summed E-state index contributed by atoms with van der Waals surface area (Å²) in [6, 6.07) is 10.7. The topological polar surface area (TPSA) is 39.1 Å². The first-order valence-electron chi connectivity index (χ1n) is 6.17. The molecule has 21 heavy (non-hydrogen) atoms. The minimum Gasteiger partial charge on any atom is -0.298 e. The van der Waals surface area contributed by atoms with E-state index >= 15 is 0 Å². The molecular formula is C16H9BrFNO2. The van der Waals surface area contributed by atoms with Gasteiger partial charge >= 0.3 is 0 Å². The Morgan fingerprint density at radius 3 is 2.52 bits per heavy atom. The van der Waals surface area contributed by atoms with Crippen LogP contribution in [0, 0.1) is 5.82 Å². The maximum atomic E-state index is 12.9. The monoisotopic (exact) mass is 345 g/mol. The third kappa shape index (κ3) is 2.29. The van der Waals surface area contributed by atoms with Crippen molar-refractivity contribution in [3.05, 3.63) is 70.1 Å². The molecule has 0 saturated carbocycles. The van der Waals surface area contributed by atoms with E-state index in [9.17, 15) is 14.0 Å². The quantitative estimate of drug-likeness (QED) is 0.657. The van der Waals surface area contributed by atoms with Crippen LogP contribution in [0.1, 0.15) is 20.7 Å². The van der Waals surface area contributed by atoms with Gasteiger partial charge in [-0.15, -0.1) is 0 Å². The molecule has 0 saturated heterocycles. The predicted octanol–water partition coefficient (Wildman–Crippen LogP) is 4.04. The largest absolute Gasteiger partial charge is 0.298 e. The molecule has 0 aliphatic rings. The summed E-state index contributed by atoms with van der Waals surface area (Å²) in [4.78, 5) is 23.7. The molecule has 0 aliphatic heterocycles. The van der Waals surface area contributed by atoms with Crippen molar-refractivity contribution < 1.29 is 14.0 Å². The van der Waals surface area contributed by atoms with E-state index in [0.29, 0.717) is 28.3 Å². The van der Waals surface area contributed by atoms with E-state index in [1.54, 1.807) is 12.1 Å². The Bertz CT molecular complexity index is 853. The van der Waals surface area contributed by atoms with Crippen molar-refractivity contribution in [3.8, 4) is 0 Å². The van der Waals surface area contributed by atoms with Crippen LogP contribution < -0.4 is 0 Å². The van der Waals surface area contributed by atoms with Gasteiger partial charge in [-0.2, -0.15) is 0 Å². The van der Waals surface area contributed by atoms with Gasteiger partial charge in [-0.05, 0) is 36.4 Å². The van der Waals surface area contributed by atoms with E-state index in [1.807, 2.05) is 6.07 Å². The minimum atomic E-state index is -0.403. The molecule has 0 fully saturated rings. The Kier molecular flexibility index (Phi) is 3.43. The number of carbonyl (C=O) groups excluding carboxylic acids is 2. The van der Waals surface area contributed by atoms with Crippen LogP contribution in [0.2, 0.25) is 0 Å². The van der Waals surface area contributed by atoms with Gasteiger partial charge in [0.05, 0.1) is 5.52 Å². The van der Waals surface area contributed by atoms with Gasteiger partial charge in [-0.3, -0.25) is 14.2 Å². The zero-order chi connectivity index (χ0) is 15.0. The molecule has 104 valence electrons. The minimum absolute atomic E-state index is 0.314. The van der Waals surface area contributed by atoms with Crippen LogP contribution in [0.3, 0.4) is 0 Å². The number of aromatic nitrogens is 1. The molecule has 1 aromatic heterocycles. The molecule has 1 heterocycles. The number of fused-ring (bicyclic) bond motifs is 1. The summed E-state index contributed by atoms with van der Waals surface area (Å²) in [5, 5.41) is 0.683. The molecule has 0 bridgehead atoms. The molecule has 0 spiro atoms. The standard InChI is InChI=1S/C16H9BrFNO2/c17-13-2-1-3-14-15(13)11(9-20)8-19(14)16(21)10-4-6-12(18)7-5-10/h1-9H. The van der Waals surface area contributed by atoms with E-state index < -0.39 is 5.82 Å². The third-order valence-corrected chi connectivity index (χ3v) is 3.91. The smallest absolute Gasteiger partial charge is 0.262 e. The second kappa shape index (κ2) is 5.26. The Morgan fingerprint density at radius 1 is 1.14 bits per heavy atom. The van der Waals surface area contributed by atoms with Crippen molar-refractivity contribution in [2.75, 3.05) is 0 Å². The van der Waals surface area contributed by atoms with Gasteiger partial charge in [-0.25, -0.2) is 4.39 Å². The lowest BCUT2D eigenvalue weighted by Gasteiger charge is -2.04. The highest BCUT2D eigenvalue weighted by atomic mass is 79.9. The first-order chi connectivity index (χ1) is 10.1. The molecule has 5 heteroatoms. The van der Waals surface area contributed by atoms with Crippen molar-refractivity contribution in [1.29, 1.82) is 0 Å². The number of aldehydes is 1. The van der Waals surface area contributed by atoms with Crippen molar-refractivity contribution in [1.82, 2.24) is 4.57 Å². The predicted molar refractivity (Wildman–Crippen MR) is 81.2 cm³/mol. The van der Waals surface area contributed by atoms with Gasteiger partial charge in [-0.1, -0.05) is 22.0 Å². The molecule has 0 amide bonds. The summed E-state index contributed by atoms with van der Waals surface area (Å²) in [5.74, 6) is -0.716. The van der Waals surface area contributed by atoms with Gasteiger partial charge < -0.3 is 0 Å². The fourth-order valence-electron chi connectivity index (χ4n) is 2.26. The van der Waals surface area contributed by atoms with Gasteiger partial charge in [0.1, 0.15) is 5.82 Å². The van der Waals surface area contributed by atoms with Crippen LogP contribution >= 0.6 is 15.9 Å². The number of rotatable bonds is 2. The molecule has 3 aromatic rings. The van der Waals surface area contributed by atoms with E-state index in [2.05, 4.69) is 15.9 Å². The highest BCUT2D eigenvalue weighted by molar-refractivity contribution is 9.10. The Hall–Kier alpha value is -2.27. The summed E-state index contributed by atoms with van der Waals surface area (Å²) in [7, 11) is 0. The number of halogens is 2. The molecular weight excluding hydrogens is 337 g/mol. The highest BCUT2D eigenvalue weighted by Crippen LogP contribution is 2.28. The lowest BCUT2D eigenvalue weighted by atomic mass is 10.2. The normalized spacial score (nSPS) is 10.8. The third-order valence-electron chi connectivity index (χ3n) is 3.24. The van der Waals surface area contributed by atoms with Crippen LogP contribution in [0.5, 0.6) is 0 Å². The SMILES string of the molecule is O=Cc1cn(C(=O)c2ccc(F)cc2)c2cccc(Br)c12. The van der Waals surface area contributed by atoms with E-state index in [4.69, 9.17) is 0 Å². The highest BCUT2D eigenvalue weighted by Gasteiger charge is 2.16. The van der Waals surface area contributed by atoms with E-state index in [-0.39, 0.29) is 5.91 Å². The Morgan fingerprint density at radius 2 is 1.86 bits per heavy atom. The molecule has 0 radical (unpaired) electrons. The summed E-state index contributed by atoms with van der Waals surface area (Å²) in [5.41, 5.74) is 1.40. The van der Waals surface area contributed by atoms with Gasteiger partial charge in [0, 0.05) is 27.2 Å². The van der Waals surface area contributed by atoms with Gasteiger partial charge in [0.15, 0.2) is 6.29 Å². The average molecular weight is 346 g/mol. The number of nitrogens with zero attached hydrogens (tertiary/aromatic N) is 1. The van der Waals surface area contributed by atoms with Crippen LogP contribution in [0.25, 0.3) is 10.9 Å². The number of carbonyl (C=O) groups is 2. The number of hydrogen-bond donors (Lipinski definition) is 0. The number of hydrogen-bond acceptors (Lipinski definition) is 2. The fraction of sp³-hybridized carbons (Fsp3) is 0. The van der Waals surface area contributed by atoms with Gasteiger partial charge in [0.2, 0.25) is 0 Å². The molecule has 3 rings (SSSR count). The summed E-state index contributed by atoms with van der Waals surface area (Å²) >= 11 is 3.38. The summed E-state index contributed by atoms with van der Waals surface area (Å²) in [6.45, 7) is 0. The van der Waals surface area contributed by atoms with Crippen molar-refractivity contribution in [2.24, 2.45) is 0 Å². The van der Waals surface area contributed by atoms with Gasteiger partial charge in [0.25, 0.3) is 5.91 Å². The lowest BCUT2D eigenvalue weighted by Crippen LogP contribution is -2.10. The lowest BCUT2D eigenvalue weighted by molar-refractivity contribution is 0.0965. The second-order valence-corrected chi connectivity index (χ2v) is 5.37. The maximum absolute atomic E-state index is 12.9. The average Bonchev–Trinajstić information content (AvgIpc) is 2.87. The molecule has 0 atom stereocenters. The first-order valence-corrected chi connectivity index (χ1v) is 6.96. The van der Waals surface area contributed by atoms with E-state index in [0.717, 1.165) is 4.47 Å². The Labute approximate surface area is 128 Å². The molecule has 0 N–H and O–H groups in total. The summed E-state index contributed by atoms with van der Waals surface area (Å²) in [6.07, 6.45) is 2.20. The molecule has 0 unspecified atom stereocenters. The molecule has 3 nitrogen and oxygen atoms in total. The zero-order valence-electron chi connectivity index (χ0n) is 10.7. The zero-order valence-corrected chi connectivity index (χ0v) is 12.3. The van der Waals surface area contributed by atoms with Crippen molar-refractivity contribution >= 4 is 39.0 Å². The van der Waals surface area contributed by atoms with Crippen LogP contribution in [0.15, 0.2) is 53.1 Å². The second-order valence-electron chi connectivity index (χ2n) is 4.52.